The number of rotatable bonds is 9. The number of para-hydroxylation sites is 2. The third-order valence-corrected chi connectivity index (χ3v) is 9.17. The van der Waals surface area contributed by atoms with Gasteiger partial charge in [-0.1, -0.05) is 79.7 Å². The zero-order valence-corrected chi connectivity index (χ0v) is 27.4. The number of amides is 4. The molecule has 3 aromatic carbocycles. The quantitative estimate of drug-likeness (QED) is 0.209. The van der Waals surface area contributed by atoms with Gasteiger partial charge >= 0.3 is 12.0 Å². The molecule has 2 fully saturated rings. The topological polar surface area (TPSA) is 115 Å². The maximum atomic E-state index is 14.5. The van der Waals surface area contributed by atoms with Gasteiger partial charge in [0.2, 0.25) is 11.8 Å². The van der Waals surface area contributed by atoms with Crippen LogP contribution in [0.25, 0.3) is 10.9 Å². The molecule has 248 valence electrons. The van der Waals surface area contributed by atoms with Crippen LogP contribution < -0.4 is 10.1 Å². The summed E-state index contributed by atoms with van der Waals surface area (Å²) in [6, 6.07) is 26.3. The number of piperazine rings is 1. The van der Waals surface area contributed by atoms with Gasteiger partial charge in [0.15, 0.2) is 0 Å². The van der Waals surface area contributed by atoms with Gasteiger partial charge in [-0.2, -0.15) is 0 Å². The third kappa shape index (κ3) is 6.72. The summed E-state index contributed by atoms with van der Waals surface area (Å²) in [5.41, 5.74) is 2.58. The Morgan fingerprint density at radius 2 is 1.67 bits per heavy atom. The predicted molar refractivity (Wildman–Crippen MR) is 180 cm³/mol. The molecule has 2 unspecified atom stereocenters. The smallest absolute Gasteiger partial charge is 0.334 e. The lowest BCUT2D eigenvalue weighted by Crippen LogP contribution is -2.78. The Morgan fingerprint density at radius 3 is 2.42 bits per heavy atom. The Balaban J connectivity index is 1.30. The van der Waals surface area contributed by atoms with Crippen LogP contribution >= 0.6 is 0 Å². The van der Waals surface area contributed by atoms with Crippen LogP contribution in [-0.4, -0.2) is 80.5 Å². The average molecular weight is 649 g/mol. The maximum absolute atomic E-state index is 14.5. The fourth-order valence-electron chi connectivity index (χ4n) is 6.61. The van der Waals surface area contributed by atoms with Crippen molar-refractivity contribution in [3.63, 3.8) is 0 Å². The lowest BCUT2D eigenvalue weighted by atomic mass is 9.93. The molecule has 4 atom stereocenters. The normalized spacial score (nSPS) is 20.4. The van der Waals surface area contributed by atoms with E-state index in [4.69, 9.17) is 4.74 Å². The number of aromatic nitrogens is 1. The second kappa shape index (κ2) is 14.2. The summed E-state index contributed by atoms with van der Waals surface area (Å²) in [6.45, 7) is 4.08. The second-order valence-electron chi connectivity index (χ2n) is 12.4. The van der Waals surface area contributed by atoms with Crippen molar-refractivity contribution in [2.75, 3.05) is 13.6 Å². The van der Waals surface area contributed by atoms with Gasteiger partial charge in [-0.3, -0.25) is 19.4 Å². The number of carbonyl (C=O) groups is 4. The van der Waals surface area contributed by atoms with E-state index >= 15 is 0 Å². The highest BCUT2D eigenvalue weighted by atomic mass is 16.5. The van der Waals surface area contributed by atoms with E-state index in [0.29, 0.717) is 18.7 Å². The number of esters is 1. The van der Waals surface area contributed by atoms with Crippen LogP contribution in [0.1, 0.15) is 37.8 Å². The maximum Gasteiger partial charge on any atom is 0.334 e. The number of benzene rings is 3. The number of ether oxygens (including phenoxy) is 1. The number of urea groups is 1. The highest BCUT2D eigenvalue weighted by molar-refractivity contribution is 5.92. The van der Waals surface area contributed by atoms with Gasteiger partial charge in [-0.15, -0.1) is 0 Å². The molecule has 6 rings (SSSR count). The third-order valence-electron chi connectivity index (χ3n) is 9.17. The number of pyridine rings is 1. The van der Waals surface area contributed by atoms with Crippen molar-refractivity contribution < 1.29 is 23.9 Å². The molecule has 4 aromatic rings. The minimum absolute atomic E-state index is 0.0788. The number of nitrogens with one attached hydrogen (secondary N) is 1. The van der Waals surface area contributed by atoms with Crippen LogP contribution in [0.5, 0.6) is 5.75 Å². The molecule has 0 bridgehead atoms. The molecule has 4 amide bonds. The summed E-state index contributed by atoms with van der Waals surface area (Å²) in [5, 5.41) is 7.12. The summed E-state index contributed by atoms with van der Waals surface area (Å²) in [5.74, 6) is -1.01. The molecule has 2 saturated heterocycles. The first-order chi connectivity index (χ1) is 23.2. The summed E-state index contributed by atoms with van der Waals surface area (Å²) in [6.07, 6.45) is 1.45. The second-order valence-corrected chi connectivity index (χ2v) is 12.4. The van der Waals surface area contributed by atoms with Gasteiger partial charge in [0.05, 0.1) is 24.0 Å². The highest BCUT2D eigenvalue weighted by Gasteiger charge is 2.54. The molecular formula is C37H40N6O5. The van der Waals surface area contributed by atoms with E-state index in [-0.39, 0.29) is 37.4 Å². The van der Waals surface area contributed by atoms with Crippen molar-refractivity contribution in [1.82, 2.24) is 30.1 Å². The van der Waals surface area contributed by atoms with E-state index in [1.165, 1.54) is 0 Å². The largest absolute Gasteiger partial charge is 0.426 e. The molecule has 0 spiro atoms. The van der Waals surface area contributed by atoms with E-state index in [1.54, 1.807) is 64.3 Å². The van der Waals surface area contributed by atoms with E-state index in [2.05, 4.69) is 10.3 Å². The van der Waals surface area contributed by atoms with Gasteiger partial charge in [0, 0.05) is 31.7 Å². The van der Waals surface area contributed by atoms with E-state index in [9.17, 15) is 19.2 Å². The molecule has 1 aromatic heterocycles. The Bertz CT molecular complexity index is 1780. The monoisotopic (exact) mass is 648 g/mol. The van der Waals surface area contributed by atoms with Crippen LogP contribution in [0.15, 0.2) is 97.2 Å². The number of carbonyl (C=O) groups excluding carboxylic acids is 4. The molecule has 0 aliphatic carbocycles. The summed E-state index contributed by atoms with van der Waals surface area (Å²) >= 11 is 0. The standard InChI is InChI=1S/C37H40N6O5/c1-25(36(46)48-30-17-8-5-9-18-30)19-20-31-35(45)41(23-29-15-10-14-28-16-11-21-38-33(28)29)26(2)34-42(31)32(44)24-40(3)43(34)37(47)39-22-27-12-6-4-7-13-27/h4-18,21,25-26,31,34H,19-20,22-24H2,1-3H3,(H,39,47)/t25?,26-,31-,34?/m0/s1. The Hall–Kier alpha value is -5.29. The summed E-state index contributed by atoms with van der Waals surface area (Å²) in [4.78, 5) is 63.1. The van der Waals surface area contributed by atoms with Gasteiger partial charge < -0.3 is 19.9 Å². The lowest BCUT2D eigenvalue weighted by Gasteiger charge is -2.57. The van der Waals surface area contributed by atoms with Crippen molar-refractivity contribution in [2.45, 2.75) is 58.0 Å². The minimum atomic E-state index is -0.897. The molecule has 0 saturated carbocycles. The molecule has 11 nitrogen and oxygen atoms in total. The number of hydrogen-bond acceptors (Lipinski definition) is 7. The van der Waals surface area contributed by atoms with Crippen LogP contribution in [0.3, 0.4) is 0 Å². The zero-order valence-electron chi connectivity index (χ0n) is 27.4. The summed E-state index contributed by atoms with van der Waals surface area (Å²) in [7, 11) is 1.70. The summed E-state index contributed by atoms with van der Waals surface area (Å²) < 4.78 is 5.57. The van der Waals surface area contributed by atoms with Crippen molar-refractivity contribution in [3.05, 3.63) is 108 Å². The molecule has 0 radical (unpaired) electrons. The number of fused-ring (bicyclic) bond motifs is 2. The SMILES string of the molecule is CC(CC[C@H]1C(=O)N(Cc2cccc3cccnc23)[C@@H](C)C2N1C(=O)CN(C)N2C(=O)NCc1ccccc1)C(=O)Oc1ccccc1. The molecule has 48 heavy (non-hydrogen) atoms. The Labute approximate surface area is 280 Å². The van der Waals surface area contributed by atoms with Crippen LogP contribution in [-0.2, 0) is 27.5 Å². The molecule has 2 aliphatic rings. The molecule has 2 aliphatic heterocycles. The first-order valence-corrected chi connectivity index (χ1v) is 16.3. The number of hydrazine groups is 1. The fraction of sp³-hybridized carbons (Fsp3) is 0.324. The molecule has 11 heteroatoms. The van der Waals surface area contributed by atoms with Gasteiger partial charge in [0.25, 0.3) is 0 Å². The van der Waals surface area contributed by atoms with E-state index in [0.717, 1.165) is 22.0 Å². The van der Waals surface area contributed by atoms with Crippen LogP contribution in [0.2, 0.25) is 0 Å². The van der Waals surface area contributed by atoms with Gasteiger partial charge in [0.1, 0.15) is 18.0 Å². The van der Waals surface area contributed by atoms with Crippen molar-refractivity contribution in [1.29, 1.82) is 0 Å². The number of hydrogen-bond donors (Lipinski definition) is 1. The Kier molecular flexibility index (Phi) is 9.67. The lowest BCUT2D eigenvalue weighted by molar-refractivity contribution is -0.197. The first kappa shape index (κ1) is 32.6. The van der Waals surface area contributed by atoms with Crippen molar-refractivity contribution in [3.8, 4) is 5.75 Å². The minimum Gasteiger partial charge on any atom is -0.426 e. The van der Waals surface area contributed by atoms with Crippen LogP contribution in [0, 0.1) is 5.92 Å². The van der Waals surface area contributed by atoms with E-state index in [1.807, 2.05) is 73.7 Å². The molecule has 1 N–H and O–H groups in total. The first-order valence-electron chi connectivity index (χ1n) is 16.3. The number of nitrogens with zero attached hydrogens (tertiary/aromatic N) is 5. The fourth-order valence-corrected chi connectivity index (χ4v) is 6.61. The van der Waals surface area contributed by atoms with Crippen molar-refractivity contribution >= 4 is 34.7 Å². The van der Waals surface area contributed by atoms with Gasteiger partial charge in [-0.25, -0.2) is 14.8 Å². The molecular weight excluding hydrogens is 608 g/mol. The number of likely N-dealkylation sites (N-methyl/N-ethyl adjacent to an activating group) is 1. The van der Waals surface area contributed by atoms with Crippen molar-refractivity contribution in [2.24, 2.45) is 5.92 Å². The van der Waals surface area contributed by atoms with Crippen LogP contribution in [0.4, 0.5) is 4.79 Å². The van der Waals surface area contributed by atoms with Gasteiger partial charge in [-0.05, 0) is 49.1 Å². The highest BCUT2D eigenvalue weighted by Crippen LogP contribution is 2.34. The zero-order chi connectivity index (χ0) is 33.8. The predicted octanol–water partition coefficient (Wildman–Crippen LogP) is 4.58. The van der Waals surface area contributed by atoms with E-state index < -0.39 is 30.1 Å². The molecule has 3 heterocycles. The Morgan fingerprint density at radius 1 is 0.958 bits per heavy atom. The average Bonchev–Trinajstić information content (AvgIpc) is 3.10.